The van der Waals surface area contributed by atoms with Crippen LogP contribution in [0.1, 0.15) is 5.56 Å². The smallest absolute Gasteiger partial charge is 0.229 e. The average Bonchev–Trinajstić information content (AvgIpc) is 3.08. The molecule has 0 bridgehead atoms. The Bertz CT molecular complexity index is 774. The van der Waals surface area contributed by atoms with Gasteiger partial charge in [-0.25, -0.2) is 0 Å². The SMILES string of the molecule is C=CCc1ccc(OC2OC(COC3OCC(O)(CO)C3O)C(O)C(O)C2O)c(OC)c1. The predicted octanol–water partition coefficient (Wildman–Crippen LogP) is -1.93. The first-order valence-electron chi connectivity index (χ1n) is 10.1. The van der Waals surface area contributed by atoms with Crippen LogP contribution in [-0.2, 0) is 20.6 Å². The van der Waals surface area contributed by atoms with Gasteiger partial charge in [-0.3, -0.25) is 0 Å². The normalized spacial score (nSPS) is 37.3. The molecule has 11 nitrogen and oxygen atoms in total. The molecule has 2 saturated heterocycles. The molecule has 180 valence electrons. The monoisotopic (exact) mass is 458 g/mol. The standard InChI is InChI=1S/C21H30O11/c1-3-4-11-5-6-12(13(7-11)28-2)31-19-17(25)16(24)15(23)14(32-19)8-29-20-18(26)21(27,9-22)10-30-20/h3,5-7,14-20,22-27H,1,4,8-10H2,2H3. The fourth-order valence-corrected chi connectivity index (χ4v) is 3.50. The second kappa shape index (κ2) is 10.4. The lowest BCUT2D eigenvalue weighted by atomic mass is 9.99. The van der Waals surface area contributed by atoms with Gasteiger partial charge in [0.25, 0.3) is 0 Å². The van der Waals surface area contributed by atoms with Crippen molar-refractivity contribution in [3.8, 4) is 11.5 Å². The molecule has 0 spiro atoms. The zero-order chi connectivity index (χ0) is 23.5. The summed E-state index contributed by atoms with van der Waals surface area (Å²) in [6, 6.07) is 5.13. The summed E-state index contributed by atoms with van der Waals surface area (Å²) in [4.78, 5) is 0. The summed E-state index contributed by atoms with van der Waals surface area (Å²) in [6.45, 7) is 2.23. The molecule has 2 aliphatic heterocycles. The zero-order valence-electron chi connectivity index (χ0n) is 17.6. The minimum Gasteiger partial charge on any atom is -0.493 e. The topological polar surface area (TPSA) is 168 Å². The fourth-order valence-electron chi connectivity index (χ4n) is 3.50. The maximum Gasteiger partial charge on any atom is 0.229 e. The third kappa shape index (κ3) is 5.06. The first kappa shape index (κ1) is 24.8. The summed E-state index contributed by atoms with van der Waals surface area (Å²) in [6.07, 6.45) is -7.73. The molecule has 0 aromatic heterocycles. The van der Waals surface area contributed by atoms with Crippen molar-refractivity contribution in [2.24, 2.45) is 0 Å². The molecule has 1 aromatic carbocycles. The van der Waals surface area contributed by atoms with Gasteiger partial charge in [0.1, 0.15) is 36.1 Å². The lowest BCUT2D eigenvalue weighted by Gasteiger charge is -2.40. The van der Waals surface area contributed by atoms with Crippen LogP contribution in [0.25, 0.3) is 0 Å². The van der Waals surface area contributed by atoms with Crippen molar-refractivity contribution in [3.05, 3.63) is 36.4 Å². The molecule has 2 fully saturated rings. The quantitative estimate of drug-likeness (QED) is 0.228. The lowest BCUT2D eigenvalue weighted by Crippen LogP contribution is -2.60. The second-order valence-electron chi connectivity index (χ2n) is 7.83. The van der Waals surface area contributed by atoms with Crippen LogP contribution >= 0.6 is 0 Å². The van der Waals surface area contributed by atoms with Crippen LogP contribution in [0.5, 0.6) is 11.5 Å². The largest absolute Gasteiger partial charge is 0.493 e. The summed E-state index contributed by atoms with van der Waals surface area (Å²) >= 11 is 0. The highest BCUT2D eigenvalue weighted by molar-refractivity contribution is 5.43. The van der Waals surface area contributed by atoms with Crippen molar-refractivity contribution in [2.45, 2.75) is 55.1 Å². The van der Waals surface area contributed by atoms with E-state index in [9.17, 15) is 30.6 Å². The summed E-state index contributed by atoms with van der Waals surface area (Å²) in [5.41, 5.74) is -0.944. The highest BCUT2D eigenvalue weighted by atomic mass is 16.7. The molecule has 0 saturated carbocycles. The minimum absolute atomic E-state index is 0.246. The molecule has 2 heterocycles. The molecule has 0 aliphatic carbocycles. The van der Waals surface area contributed by atoms with Gasteiger partial charge in [-0.15, -0.1) is 6.58 Å². The van der Waals surface area contributed by atoms with Crippen molar-refractivity contribution < 1.29 is 54.3 Å². The molecule has 6 N–H and O–H groups in total. The van der Waals surface area contributed by atoms with Crippen molar-refractivity contribution in [1.82, 2.24) is 0 Å². The molecule has 1 aromatic rings. The molecular weight excluding hydrogens is 428 g/mol. The van der Waals surface area contributed by atoms with Gasteiger partial charge in [-0.2, -0.15) is 0 Å². The molecular formula is C21H30O11. The Morgan fingerprint density at radius 3 is 2.50 bits per heavy atom. The van der Waals surface area contributed by atoms with E-state index < -0.39 is 55.3 Å². The molecule has 3 rings (SSSR count). The number of aliphatic hydroxyl groups excluding tert-OH is 5. The Hall–Kier alpha value is -1.80. The van der Waals surface area contributed by atoms with Gasteiger partial charge in [0.05, 0.1) is 26.9 Å². The average molecular weight is 458 g/mol. The van der Waals surface area contributed by atoms with Crippen LogP contribution in [0.3, 0.4) is 0 Å². The minimum atomic E-state index is -1.87. The van der Waals surface area contributed by atoms with Crippen molar-refractivity contribution >= 4 is 0 Å². The fraction of sp³-hybridized carbons (Fsp3) is 0.619. The zero-order valence-corrected chi connectivity index (χ0v) is 17.6. The highest BCUT2D eigenvalue weighted by Gasteiger charge is 2.50. The van der Waals surface area contributed by atoms with E-state index in [1.54, 1.807) is 24.3 Å². The summed E-state index contributed by atoms with van der Waals surface area (Å²) in [5, 5.41) is 60.2. The van der Waals surface area contributed by atoms with Gasteiger partial charge < -0.3 is 54.3 Å². The number of hydrogen-bond donors (Lipinski definition) is 6. The van der Waals surface area contributed by atoms with E-state index in [1.807, 2.05) is 0 Å². The van der Waals surface area contributed by atoms with E-state index in [-0.39, 0.29) is 19.0 Å². The summed E-state index contributed by atoms with van der Waals surface area (Å²) < 4.78 is 27.2. The van der Waals surface area contributed by atoms with Gasteiger partial charge in [0.15, 0.2) is 17.8 Å². The third-order valence-electron chi connectivity index (χ3n) is 5.52. The van der Waals surface area contributed by atoms with Crippen LogP contribution in [-0.4, -0.2) is 106 Å². The number of aliphatic hydroxyl groups is 6. The summed E-state index contributed by atoms with van der Waals surface area (Å²) in [7, 11) is 1.45. The summed E-state index contributed by atoms with van der Waals surface area (Å²) in [5.74, 6) is 0.620. The Balaban J connectivity index is 1.67. The van der Waals surface area contributed by atoms with Gasteiger partial charge >= 0.3 is 0 Å². The van der Waals surface area contributed by atoms with E-state index in [0.717, 1.165) is 5.56 Å². The van der Waals surface area contributed by atoms with Gasteiger partial charge in [-0.1, -0.05) is 12.1 Å². The maximum absolute atomic E-state index is 10.3. The van der Waals surface area contributed by atoms with E-state index in [1.165, 1.54) is 7.11 Å². The van der Waals surface area contributed by atoms with Gasteiger partial charge in [-0.05, 0) is 24.1 Å². The van der Waals surface area contributed by atoms with Crippen LogP contribution < -0.4 is 9.47 Å². The number of benzene rings is 1. The highest BCUT2D eigenvalue weighted by Crippen LogP contribution is 2.33. The second-order valence-corrected chi connectivity index (χ2v) is 7.83. The number of methoxy groups -OCH3 is 1. The first-order chi connectivity index (χ1) is 15.2. The van der Waals surface area contributed by atoms with E-state index >= 15 is 0 Å². The van der Waals surface area contributed by atoms with Crippen LogP contribution in [0.4, 0.5) is 0 Å². The Kier molecular flexibility index (Phi) is 8.09. The third-order valence-corrected chi connectivity index (χ3v) is 5.52. The number of ether oxygens (including phenoxy) is 5. The number of rotatable bonds is 9. The maximum atomic E-state index is 10.3. The van der Waals surface area contributed by atoms with E-state index in [0.29, 0.717) is 12.2 Å². The van der Waals surface area contributed by atoms with E-state index in [4.69, 9.17) is 23.7 Å². The van der Waals surface area contributed by atoms with Crippen LogP contribution in [0.15, 0.2) is 30.9 Å². The lowest BCUT2D eigenvalue weighted by molar-refractivity contribution is -0.289. The number of hydrogen-bond acceptors (Lipinski definition) is 11. The molecule has 8 unspecified atom stereocenters. The van der Waals surface area contributed by atoms with Crippen molar-refractivity contribution in [3.63, 3.8) is 0 Å². The molecule has 11 heteroatoms. The Labute approximate surface area is 185 Å². The predicted molar refractivity (Wildman–Crippen MR) is 108 cm³/mol. The van der Waals surface area contributed by atoms with Crippen LogP contribution in [0.2, 0.25) is 0 Å². The molecule has 2 aliphatic rings. The van der Waals surface area contributed by atoms with E-state index in [2.05, 4.69) is 6.58 Å². The number of allylic oxidation sites excluding steroid dienone is 1. The van der Waals surface area contributed by atoms with Crippen LogP contribution in [0, 0.1) is 0 Å². The first-order valence-corrected chi connectivity index (χ1v) is 10.1. The molecule has 32 heavy (non-hydrogen) atoms. The molecule has 8 atom stereocenters. The Morgan fingerprint density at radius 2 is 1.88 bits per heavy atom. The Morgan fingerprint density at radius 1 is 1.12 bits per heavy atom. The van der Waals surface area contributed by atoms with Gasteiger partial charge in [0.2, 0.25) is 6.29 Å². The van der Waals surface area contributed by atoms with Crippen molar-refractivity contribution in [1.29, 1.82) is 0 Å². The van der Waals surface area contributed by atoms with Crippen molar-refractivity contribution in [2.75, 3.05) is 26.9 Å². The molecule has 0 amide bonds. The molecule has 0 radical (unpaired) electrons. The van der Waals surface area contributed by atoms with Gasteiger partial charge in [0, 0.05) is 0 Å².